The van der Waals surface area contributed by atoms with E-state index in [0.717, 1.165) is 5.88 Å². The highest BCUT2D eigenvalue weighted by atomic mass is 35.5. The zero-order chi connectivity index (χ0) is 9.82. The van der Waals surface area contributed by atoms with Gasteiger partial charge in [-0.2, -0.15) is 0 Å². The standard InChI is InChI=1S/C5H11Cl.C4H6O2/c1-2-3-4-5-6;1-2-3-4(5)6/h2-5H2,1H3;2H,1,3H2,(H,5,6). The Morgan fingerprint density at radius 3 is 2.25 bits per heavy atom. The number of rotatable bonds is 5. The van der Waals surface area contributed by atoms with Crippen LogP contribution in [0.15, 0.2) is 12.7 Å². The first-order chi connectivity index (χ1) is 5.68. The van der Waals surface area contributed by atoms with Gasteiger partial charge in [-0.15, -0.1) is 18.2 Å². The van der Waals surface area contributed by atoms with E-state index in [1.807, 2.05) is 0 Å². The molecule has 0 fully saturated rings. The van der Waals surface area contributed by atoms with Gasteiger partial charge in [0.1, 0.15) is 0 Å². The maximum absolute atomic E-state index is 9.53. The molecule has 0 spiro atoms. The Morgan fingerprint density at radius 1 is 1.58 bits per heavy atom. The highest BCUT2D eigenvalue weighted by Crippen LogP contribution is 1.93. The van der Waals surface area contributed by atoms with E-state index in [0.29, 0.717) is 0 Å². The lowest BCUT2D eigenvalue weighted by molar-refractivity contribution is -0.135. The number of hydrogen-bond donors (Lipinski definition) is 1. The molecule has 2 nitrogen and oxygen atoms in total. The van der Waals surface area contributed by atoms with E-state index < -0.39 is 5.97 Å². The SMILES string of the molecule is C=CCC(=O)O.CCCCCCl. The molecule has 0 aromatic heterocycles. The van der Waals surface area contributed by atoms with Crippen LogP contribution in [0.3, 0.4) is 0 Å². The van der Waals surface area contributed by atoms with Crippen LogP contribution in [0.25, 0.3) is 0 Å². The minimum atomic E-state index is -0.829. The molecule has 3 heteroatoms. The van der Waals surface area contributed by atoms with E-state index in [2.05, 4.69) is 13.5 Å². The number of unbranched alkanes of at least 4 members (excludes halogenated alkanes) is 2. The molecular weight excluding hydrogens is 176 g/mol. The minimum absolute atomic E-state index is 0.0556. The second kappa shape index (κ2) is 13.1. The highest BCUT2D eigenvalue weighted by molar-refractivity contribution is 6.17. The van der Waals surface area contributed by atoms with Crippen molar-refractivity contribution < 1.29 is 9.90 Å². The van der Waals surface area contributed by atoms with Gasteiger partial charge in [0.15, 0.2) is 0 Å². The van der Waals surface area contributed by atoms with Crippen molar-refractivity contribution in [1.29, 1.82) is 0 Å². The van der Waals surface area contributed by atoms with Crippen molar-refractivity contribution in [2.24, 2.45) is 0 Å². The molecule has 0 aromatic rings. The third-order valence-corrected chi connectivity index (χ3v) is 1.32. The van der Waals surface area contributed by atoms with Gasteiger partial charge in [-0.05, 0) is 6.42 Å². The molecule has 0 radical (unpaired) electrons. The molecular formula is C9H17ClO2. The molecule has 12 heavy (non-hydrogen) atoms. The molecule has 0 saturated carbocycles. The van der Waals surface area contributed by atoms with Gasteiger partial charge >= 0.3 is 5.97 Å². The summed E-state index contributed by atoms with van der Waals surface area (Å²) in [6.45, 7) is 5.39. The first kappa shape index (κ1) is 14.0. The Hall–Kier alpha value is -0.500. The summed E-state index contributed by atoms with van der Waals surface area (Å²) in [5, 5.41) is 7.84. The summed E-state index contributed by atoms with van der Waals surface area (Å²) in [5.41, 5.74) is 0. The van der Waals surface area contributed by atoms with Gasteiger partial charge in [0.25, 0.3) is 0 Å². The van der Waals surface area contributed by atoms with Crippen LogP contribution in [0.1, 0.15) is 32.6 Å². The van der Waals surface area contributed by atoms with Gasteiger partial charge in [-0.1, -0.05) is 25.8 Å². The van der Waals surface area contributed by atoms with E-state index in [9.17, 15) is 4.79 Å². The number of alkyl halides is 1. The lowest BCUT2D eigenvalue weighted by Crippen LogP contribution is -1.88. The Bertz CT molecular complexity index is 109. The quantitative estimate of drug-likeness (QED) is 0.413. The summed E-state index contributed by atoms with van der Waals surface area (Å²) < 4.78 is 0. The van der Waals surface area contributed by atoms with Crippen molar-refractivity contribution in [3.63, 3.8) is 0 Å². The molecule has 0 atom stereocenters. The molecule has 0 saturated heterocycles. The fourth-order valence-corrected chi connectivity index (χ4v) is 0.657. The maximum Gasteiger partial charge on any atom is 0.307 e. The van der Waals surface area contributed by atoms with Crippen LogP contribution < -0.4 is 0 Å². The fourth-order valence-electron chi connectivity index (χ4n) is 0.468. The molecule has 0 aliphatic rings. The molecule has 0 aliphatic heterocycles. The number of hydrogen-bond acceptors (Lipinski definition) is 1. The van der Waals surface area contributed by atoms with Gasteiger partial charge in [0.2, 0.25) is 0 Å². The number of carbonyl (C=O) groups is 1. The molecule has 0 unspecified atom stereocenters. The molecule has 0 aromatic carbocycles. The zero-order valence-electron chi connectivity index (χ0n) is 7.55. The largest absolute Gasteiger partial charge is 0.481 e. The molecule has 0 aliphatic carbocycles. The van der Waals surface area contributed by atoms with Crippen LogP contribution in [0.5, 0.6) is 0 Å². The van der Waals surface area contributed by atoms with Crippen molar-refractivity contribution in [3.8, 4) is 0 Å². The van der Waals surface area contributed by atoms with Crippen LogP contribution in [-0.2, 0) is 4.79 Å². The number of carboxylic acid groups (broad SMARTS) is 1. The van der Waals surface area contributed by atoms with Gasteiger partial charge in [-0.25, -0.2) is 0 Å². The van der Waals surface area contributed by atoms with Crippen LogP contribution >= 0.6 is 11.6 Å². The van der Waals surface area contributed by atoms with Crippen molar-refractivity contribution in [2.45, 2.75) is 32.6 Å². The van der Waals surface area contributed by atoms with E-state index in [1.165, 1.54) is 25.3 Å². The second-order valence-electron chi connectivity index (χ2n) is 2.28. The zero-order valence-corrected chi connectivity index (χ0v) is 8.31. The highest BCUT2D eigenvalue weighted by Gasteiger charge is 1.84. The van der Waals surface area contributed by atoms with Gasteiger partial charge in [-0.3, -0.25) is 4.79 Å². The first-order valence-corrected chi connectivity index (χ1v) is 4.61. The van der Waals surface area contributed by atoms with Crippen molar-refractivity contribution in [1.82, 2.24) is 0 Å². The van der Waals surface area contributed by atoms with E-state index in [1.54, 1.807) is 0 Å². The maximum atomic E-state index is 9.53. The normalized spacial score (nSPS) is 8.17. The molecule has 0 rings (SSSR count). The lowest BCUT2D eigenvalue weighted by atomic mass is 10.3. The number of aliphatic carboxylic acids is 1. The minimum Gasteiger partial charge on any atom is -0.481 e. The molecule has 72 valence electrons. The molecule has 0 bridgehead atoms. The van der Waals surface area contributed by atoms with Crippen LogP contribution in [0, 0.1) is 0 Å². The van der Waals surface area contributed by atoms with E-state index in [4.69, 9.17) is 16.7 Å². The second-order valence-corrected chi connectivity index (χ2v) is 2.66. The van der Waals surface area contributed by atoms with Crippen LogP contribution in [0.4, 0.5) is 0 Å². The first-order valence-electron chi connectivity index (χ1n) is 4.07. The van der Waals surface area contributed by atoms with Crippen LogP contribution in [-0.4, -0.2) is 17.0 Å². The predicted octanol–water partition coefficient (Wildman–Crippen LogP) is 3.06. The Kier molecular flexibility index (Phi) is 15.4. The summed E-state index contributed by atoms with van der Waals surface area (Å²) in [6.07, 6.45) is 5.14. The summed E-state index contributed by atoms with van der Waals surface area (Å²) in [6, 6.07) is 0. The Labute approximate surface area is 79.2 Å². The molecule has 0 amide bonds. The van der Waals surface area contributed by atoms with Crippen molar-refractivity contribution >= 4 is 17.6 Å². The fraction of sp³-hybridized carbons (Fsp3) is 0.667. The average Bonchev–Trinajstić information content (AvgIpc) is 2.02. The average molecular weight is 193 g/mol. The third kappa shape index (κ3) is 22.7. The lowest BCUT2D eigenvalue weighted by Gasteiger charge is -1.84. The van der Waals surface area contributed by atoms with E-state index >= 15 is 0 Å². The van der Waals surface area contributed by atoms with E-state index in [-0.39, 0.29) is 6.42 Å². The topological polar surface area (TPSA) is 37.3 Å². The smallest absolute Gasteiger partial charge is 0.307 e. The molecule has 1 N–H and O–H groups in total. The number of carboxylic acids is 1. The third-order valence-electron chi connectivity index (χ3n) is 1.06. The summed E-state index contributed by atoms with van der Waals surface area (Å²) in [7, 11) is 0. The Morgan fingerprint density at radius 2 is 2.17 bits per heavy atom. The van der Waals surface area contributed by atoms with Gasteiger partial charge in [0, 0.05) is 5.88 Å². The summed E-state index contributed by atoms with van der Waals surface area (Å²) >= 11 is 5.38. The molecule has 0 heterocycles. The Balaban J connectivity index is 0. The van der Waals surface area contributed by atoms with Crippen LogP contribution in [0.2, 0.25) is 0 Å². The van der Waals surface area contributed by atoms with Crippen molar-refractivity contribution in [2.75, 3.05) is 5.88 Å². The summed E-state index contributed by atoms with van der Waals surface area (Å²) in [5.74, 6) is -0.00148. The number of halogens is 1. The van der Waals surface area contributed by atoms with Gasteiger partial charge in [0.05, 0.1) is 6.42 Å². The predicted molar refractivity (Wildman–Crippen MR) is 52.7 cm³/mol. The van der Waals surface area contributed by atoms with Gasteiger partial charge < -0.3 is 5.11 Å². The monoisotopic (exact) mass is 192 g/mol. The van der Waals surface area contributed by atoms with Crippen molar-refractivity contribution in [3.05, 3.63) is 12.7 Å². The summed E-state index contributed by atoms with van der Waals surface area (Å²) in [4.78, 5) is 9.53.